The molecule has 2 atom stereocenters. The Morgan fingerprint density at radius 1 is 1.20 bits per heavy atom. The summed E-state index contributed by atoms with van der Waals surface area (Å²) in [5.41, 5.74) is 5.40. The van der Waals surface area contributed by atoms with Crippen LogP contribution >= 0.6 is 0 Å². The molecule has 0 aliphatic heterocycles. The third-order valence-electron chi connectivity index (χ3n) is 3.89. The molecule has 86 valence electrons. The lowest BCUT2D eigenvalue weighted by atomic mass is 10.1. The van der Waals surface area contributed by atoms with E-state index in [0.717, 1.165) is 44.2 Å². The Morgan fingerprint density at radius 2 is 1.93 bits per heavy atom. The second kappa shape index (κ2) is 4.97. The Balaban J connectivity index is 1.54. The summed E-state index contributed by atoms with van der Waals surface area (Å²) >= 11 is 0. The van der Waals surface area contributed by atoms with Crippen LogP contribution in [0.25, 0.3) is 0 Å². The summed E-state index contributed by atoms with van der Waals surface area (Å²) in [6.45, 7) is 1.61. The van der Waals surface area contributed by atoms with Crippen molar-refractivity contribution in [3.63, 3.8) is 0 Å². The fraction of sp³-hybridized carbons (Fsp3) is 0.917. The van der Waals surface area contributed by atoms with E-state index in [-0.39, 0.29) is 0 Å². The number of hydrogen-bond donors (Lipinski definition) is 2. The van der Waals surface area contributed by atoms with Crippen LogP contribution in [0.2, 0.25) is 0 Å². The summed E-state index contributed by atoms with van der Waals surface area (Å²) in [5, 5.41) is 3.05. The number of carbonyl (C=O) groups is 1. The minimum absolute atomic E-state index is 0.317. The van der Waals surface area contributed by atoms with Crippen molar-refractivity contribution in [2.24, 2.45) is 23.5 Å². The molecule has 0 aromatic heterocycles. The number of fused-ring (bicyclic) bond motifs is 1. The first-order valence-electron chi connectivity index (χ1n) is 6.32. The average molecular weight is 210 g/mol. The molecule has 0 radical (unpaired) electrons. The second-order valence-electron chi connectivity index (χ2n) is 4.92. The standard InChI is InChI=1S/C12H22N2O/c13-7-2-1-3-8-14-12(15)11-9-5-4-6-10(9)11/h9-11H,1-8,13H2,(H,14,15). The zero-order valence-corrected chi connectivity index (χ0v) is 9.37. The second-order valence-corrected chi connectivity index (χ2v) is 4.92. The molecule has 0 aromatic rings. The van der Waals surface area contributed by atoms with Gasteiger partial charge in [0.1, 0.15) is 0 Å². The Kier molecular flexibility index (Phi) is 3.62. The Labute approximate surface area is 91.8 Å². The Bertz CT molecular complexity index is 220. The van der Waals surface area contributed by atoms with Gasteiger partial charge in [-0.25, -0.2) is 0 Å². The fourth-order valence-electron chi connectivity index (χ4n) is 2.99. The first-order valence-corrected chi connectivity index (χ1v) is 6.32. The summed E-state index contributed by atoms with van der Waals surface area (Å²) in [5.74, 6) is 2.19. The van der Waals surface area contributed by atoms with Crippen LogP contribution in [0.3, 0.4) is 0 Å². The van der Waals surface area contributed by atoms with E-state index >= 15 is 0 Å². The SMILES string of the molecule is NCCCCCNC(=O)C1C2CCCC21. The summed E-state index contributed by atoms with van der Waals surface area (Å²) in [6.07, 6.45) is 7.20. The summed E-state index contributed by atoms with van der Waals surface area (Å²) in [7, 11) is 0. The van der Waals surface area contributed by atoms with Crippen molar-refractivity contribution < 1.29 is 4.79 Å². The van der Waals surface area contributed by atoms with Gasteiger partial charge >= 0.3 is 0 Å². The maximum Gasteiger partial charge on any atom is 0.223 e. The summed E-state index contributed by atoms with van der Waals surface area (Å²) < 4.78 is 0. The molecule has 15 heavy (non-hydrogen) atoms. The van der Waals surface area contributed by atoms with E-state index in [1.165, 1.54) is 19.3 Å². The van der Waals surface area contributed by atoms with Gasteiger partial charge in [-0.15, -0.1) is 0 Å². The van der Waals surface area contributed by atoms with Crippen LogP contribution in [0.5, 0.6) is 0 Å². The molecule has 0 saturated heterocycles. The number of unbranched alkanes of at least 4 members (excludes halogenated alkanes) is 2. The van der Waals surface area contributed by atoms with Crippen molar-refractivity contribution in [1.82, 2.24) is 5.32 Å². The first-order chi connectivity index (χ1) is 7.34. The van der Waals surface area contributed by atoms with Crippen LogP contribution in [-0.2, 0) is 4.79 Å². The molecule has 2 unspecified atom stereocenters. The quantitative estimate of drug-likeness (QED) is 0.649. The largest absolute Gasteiger partial charge is 0.356 e. The van der Waals surface area contributed by atoms with Gasteiger partial charge in [0, 0.05) is 12.5 Å². The lowest BCUT2D eigenvalue weighted by molar-refractivity contribution is -0.123. The Morgan fingerprint density at radius 3 is 2.60 bits per heavy atom. The lowest BCUT2D eigenvalue weighted by Gasteiger charge is -2.06. The third-order valence-corrected chi connectivity index (χ3v) is 3.89. The smallest absolute Gasteiger partial charge is 0.223 e. The normalized spacial score (nSPS) is 32.5. The molecule has 2 saturated carbocycles. The molecule has 2 aliphatic carbocycles. The molecule has 2 rings (SSSR count). The van der Waals surface area contributed by atoms with E-state index < -0.39 is 0 Å². The van der Waals surface area contributed by atoms with Crippen LogP contribution in [0.1, 0.15) is 38.5 Å². The average Bonchev–Trinajstić information content (AvgIpc) is 2.72. The minimum Gasteiger partial charge on any atom is -0.356 e. The van der Waals surface area contributed by atoms with Crippen LogP contribution < -0.4 is 11.1 Å². The Hall–Kier alpha value is -0.570. The highest BCUT2D eigenvalue weighted by molar-refractivity contribution is 5.82. The van der Waals surface area contributed by atoms with Crippen molar-refractivity contribution in [3.8, 4) is 0 Å². The number of carbonyl (C=O) groups excluding carboxylic acids is 1. The summed E-state index contributed by atoms with van der Waals surface area (Å²) in [4.78, 5) is 11.7. The third kappa shape index (κ3) is 2.51. The predicted molar refractivity (Wildman–Crippen MR) is 60.2 cm³/mol. The van der Waals surface area contributed by atoms with E-state index in [1.54, 1.807) is 0 Å². The highest BCUT2D eigenvalue weighted by Crippen LogP contribution is 2.57. The molecule has 1 amide bonds. The fourth-order valence-corrected chi connectivity index (χ4v) is 2.99. The molecule has 0 spiro atoms. The number of amides is 1. The number of rotatable bonds is 6. The number of hydrogen-bond acceptors (Lipinski definition) is 2. The van der Waals surface area contributed by atoms with Crippen molar-refractivity contribution >= 4 is 5.91 Å². The van der Waals surface area contributed by atoms with Gasteiger partial charge in [0.15, 0.2) is 0 Å². The van der Waals surface area contributed by atoms with Crippen molar-refractivity contribution in [2.75, 3.05) is 13.1 Å². The maximum atomic E-state index is 11.7. The lowest BCUT2D eigenvalue weighted by Crippen LogP contribution is -2.27. The van der Waals surface area contributed by atoms with Crippen LogP contribution in [0.15, 0.2) is 0 Å². The summed E-state index contributed by atoms with van der Waals surface area (Å²) in [6, 6.07) is 0. The topological polar surface area (TPSA) is 55.1 Å². The van der Waals surface area contributed by atoms with E-state index in [1.807, 2.05) is 0 Å². The van der Waals surface area contributed by atoms with E-state index in [9.17, 15) is 4.79 Å². The van der Waals surface area contributed by atoms with Gasteiger partial charge in [-0.2, -0.15) is 0 Å². The zero-order chi connectivity index (χ0) is 10.7. The molecular formula is C12H22N2O. The molecule has 0 heterocycles. The van der Waals surface area contributed by atoms with Crippen LogP contribution in [0.4, 0.5) is 0 Å². The molecule has 3 N–H and O–H groups in total. The van der Waals surface area contributed by atoms with Gasteiger partial charge in [-0.05, 0) is 44.1 Å². The van der Waals surface area contributed by atoms with Crippen molar-refractivity contribution in [3.05, 3.63) is 0 Å². The van der Waals surface area contributed by atoms with Crippen molar-refractivity contribution in [2.45, 2.75) is 38.5 Å². The molecular weight excluding hydrogens is 188 g/mol. The zero-order valence-electron chi connectivity index (χ0n) is 9.37. The first kappa shape index (κ1) is 10.9. The van der Waals surface area contributed by atoms with Gasteiger partial charge < -0.3 is 11.1 Å². The molecule has 2 aliphatic rings. The highest BCUT2D eigenvalue weighted by Gasteiger charge is 2.56. The van der Waals surface area contributed by atoms with Gasteiger partial charge in [-0.1, -0.05) is 12.8 Å². The maximum absolute atomic E-state index is 11.7. The molecule has 0 aromatic carbocycles. The van der Waals surface area contributed by atoms with E-state index in [2.05, 4.69) is 5.32 Å². The number of nitrogens with two attached hydrogens (primary N) is 1. The van der Waals surface area contributed by atoms with Gasteiger partial charge in [0.25, 0.3) is 0 Å². The predicted octanol–water partition coefficient (Wildman–Crippen LogP) is 1.28. The van der Waals surface area contributed by atoms with Gasteiger partial charge in [-0.3, -0.25) is 4.79 Å². The van der Waals surface area contributed by atoms with E-state index in [4.69, 9.17) is 5.73 Å². The molecule has 3 heteroatoms. The van der Waals surface area contributed by atoms with Gasteiger partial charge in [0.2, 0.25) is 5.91 Å². The molecule has 2 fully saturated rings. The minimum atomic E-state index is 0.317. The van der Waals surface area contributed by atoms with Crippen LogP contribution in [0, 0.1) is 17.8 Å². The monoisotopic (exact) mass is 210 g/mol. The van der Waals surface area contributed by atoms with Crippen molar-refractivity contribution in [1.29, 1.82) is 0 Å². The van der Waals surface area contributed by atoms with Crippen LogP contribution in [-0.4, -0.2) is 19.0 Å². The molecule has 0 bridgehead atoms. The molecule has 3 nitrogen and oxygen atoms in total. The van der Waals surface area contributed by atoms with Gasteiger partial charge in [0.05, 0.1) is 0 Å². The number of nitrogens with one attached hydrogen (secondary N) is 1. The van der Waals surface area contributed by atoms with E-state index in [0.29, 0.717) is 11.8 Å². The highest BCUT2D eigenvalue weighted by atomic mass is 16.2.